The van der Waals surface area contributed by atoms with Crippen LogP contribution in [0.15, 0.2) is 77.3 Å². The van der Waals surface area contributed by atoms with E-state index in [2.05, 4.69) is 20.8 Å². The zero-order valence-electron chi connectivity index (χ0n) is 20.0. The minimum absolute atomic E-state index is 0.00534. The van der Waals surface area contributed by atoms with Gasteiger partial charge in [0.1, 0.15) is 0 Å². The Labute approximate surface area is 211 Å². The van der Waals surface area contributed by atoms with E-state index in [1.165, 1.54) is 6.42 Å². The van der Waals surface area contributed by atoms with E-state index >= 15 is 0 Å². The molecule has 0 aromatic heterocycles. The number of anilines is 2. The molecule has 1 heterocycles. The second-order valence-corrected chi connectivity index (χ2v) is 10.2. The van der Waals surface area contributed by atoms with E-state index in [0.717, 1.165) is 58.5 Å². The Morgan fingerprint density at radius 1 is 0.853 bits per heavy atom. The zero-order chi connectivity index (χ0) is 24.1. The van der Waals surface area contributed by atoms with E-state index in [1.807, 2.05) is 91.5 Å². The monoisotopic (exact) mass is 520 g/mol. The maximum atomic E-state index is 14.3. The van der Waals surface area contributed by atoms with Crippen LogP contribution in [0.1, 0.15) is 48.5 Å². The third-order valence-electron chi connectivity index (χ3n) is 6.62. The third-order valence-corrected chi connectivity index (χ3v) is 7.15. The predicted octanol–water partition coefficient (Wildman–Crippen LogP) is 6.71. The van der Waals surface area contributed by atoms with Gasteiger partial charge in [-0.25, -0.2) is 0 Å². The van der Waals surface area contributed by atoms with Crippen molar-refractivity contribution < 1.29 is 9.90 Å². The van der Waals surface area contributed by atoms with Gasteiger partial charge in [-0.15, -0.1) is 0 Å². The Morgan fingerprint density at radius 2 is 1.35 bits per heavy atom. The SMILES string of the molecule is Cc1ccc(N(C(=O)C(CC(O)c2ccc(Br)cc2)N2CCCCC2)c2ccc(C)cc2)cc1. The van der Waals surface area contributed by atoms with Crippen LogP contribution in [0.2, 0.25) is 0 Å². The molecule has 178 valence electrons. The van der Waals surface area contributed by atoms with Gasteiger partial charge in [0, 0.05) is 22.3 Å². The van der Waals surface area contributed by atoms with Gasteiger partial charge in [0.05, 0.1) is 12.1 Å². The first-order valence-electron chi connectivity index (χ1n) is 12.1. The van der Waals surface area contributed by atoms with Gasteiger partial charge in [-0.1, -0.05) is 69.9 Å². The molecule has 1 amide bonds. The molecule has 0 radical (unpaired) electrons. The van der Waals surface area contributed by atoms with Crippen molar-refractivity contribution in [2.75, 3.05) is 18.0 Å². The van der Waals surface area contributed by atoms with Crippen molar-refractivity contribution in [3.05, 3.63) is 94.0 Å². The molecule has 1 saturated heterocycles. The van der Waals surface area contributed by atoms with Gasteiger partial charge in [0.2, 0.25) is 5.91 Å². The number of aliphatic hydroxyl groups is 1. The molecule has 2 unspecified atom stereocenters. The molecular weight excluding hydrogens is 488 g/mol. The van der Waals surface area contributed by atoms with Crippen LogP contribution in [0.5, 0.6) is 0 Å². The van der Waals surface area contributed by atoms with Crippen LogP contribution in [0.4, 0.5) is 11.4 Å². The normalized spacial score (nSPS) is 16.1. The first-order valence-corrected chi connectivity index (χ1v) is 12.9. The van der Waals surface area contributed by atoms with E-state index in [0.29, 0.717) is 6.42 Å². The Kier molecular flexibility index (Phi) is 8.19. The average Bonchev–Trinajstić information content (AvgIpc) is 2.86. The summed E-state index contributed by atoms with van der Waals surface area (Å²) in [6.45, 7) is 5.85. The molecule has 34 heavy (non-hydrogen) atoms. The quantitative estimate of drug-likeness (QED) is 0.376. The highest BCUT2D eigenvalue weighted by Gasteiger charge is 2.34. The summed E-state index contributed by atoms with van der Waals surface area (Å²) in [7, 11) is 0. The lowest BCUT2D eigenvalue weighted by atomic mass is 9.97. The Balaban J connectivity index is 1.70. The summed E-state index contributed by atoms with van der Waals surface area (Å²) in [5, 5.41) is 11.1. The second-order valence-electron chi connectivity index (χ2n) is 9.26. The lowest BCUT2D eigenvalue weighted by Crippen LogP contribution is -2.50. The molecule has 0 saturated carbocycles. The summed E-state index contributed by atoms with van der Waals surface area (Å²) in [5.41, 5.74) is 4.83. The molecule has 1 aliphatic rings. The van der Waals surface area contributed by atoms with Gasteiger partial charge in [-0.2, -0.15) is 0 Å². The number of nitrogens with zero attached hydrogens (tertiary/aromatic N) is 2. The second kappa shape index (κ2) is 11.3. The van der Waals surface area contributed by atoms with E-state index in [9.17, 15) is 9.90 Å². The molecule has 0 aliphatic carbocycles. The Morgan fingerprint density at radius 3 is 1.85 bits per heavy atom. The summed E-state index contributed by atoms with van der Waals surface area (Å²) in [6, 6.07) is 23.5. The fraction of sp³-hybridized carbons (Fsp3) is 0.345. The molecule has 5 heteroatoms. The molecule has 2 atom stereocenters. The summed E-state index contributed by atoms with van der Waals surface area (Å²) >= 11 is 3.46. The number of carbonyl (C=O) groups excluding carboxylic acids is 1. The van der Waals surface area contributed by atoms with E-state index in [4.69, 9.17) is 0 Å². The standard InChI is InChI=1S/C29H33BrN2O2/c1-21-6-14-25(15-7-21)32(26-16-8-22(2)9-17-26)29(34)27(31-18-4-3-5-19-31)20-28(33)23-10-12-24(30)13-11-23/h6-17,27-28,33H,3-5,18-20H2,1-2H3. The maximum absolute atomic E-state index is 14.3. The minimum Gasteiger partial charge on any atom is -0.388 e. The van der Waals surface area contributed by atoms with Gasteiger partial charge < -0.3 is 5.11 Å². The summed E-state index contributed by atoms with van der Waals surface area (Å²) < 4.78 is 0.969. The molecule has 1 N–H and O–H groups in total. The molecule has 1 fully saturated rings. The van der Waals surface area contributed by atoms with Crippen LogP contribution >= 0.6 is 15.9 Å². The number of hydrogen-bond acceptors (Lipinski definition) is 3. The molecule has 1 aliphatic heterocycles. The molecule has 0 spiro atoms. The van der Waals surface area contributed by atoms with Crippen molar-refractivity contribution in [1.29, 1.82) is 0 Å². The topological polar surface area (TPSA) is 43.8 Å². The van der Waals surface area contributed by atoms with Gasteiger partial charge in [0.15, 0.2) is 0 Å². The van der Waals surface area contributed by atoms with Gasteiger partial charge in [-0.3, -0.25) is 14.6 Å². The van der Waals surface area contributed by atoms with Crippen LogP contribution in [-0.2, 0) is 4.79 Å². The lowest BCUT2D eigenvalue weighted by molar-refractivity contribution is -0.124. The molecular formula is C29H33BrN2O2. The number of carbonyl (C=O) groups is 1. The van der Waals surface area contributed by atoms with Crippen molar-refractivity contribution >= 4 is 33.2 Å². The van der Waals surface area contributed by atoms with Crippen molar-refractivity contribution in [2.45, 2.75) is 51.7 Å². The number of rotatable bonds is 7. The highest BCUT2D eigenvalue weighted by molar-refractivity contribution is 9.10. The van der Waals surface area contributed by atoms with E-state index in [1.54, 1.807) is 0 Å². The van der Waals surface area contributed by atoms with E-state index in [-0.39, 0.29) is 5.91 Å². The van der Waals surface area contributed by atoms with Crippen LogP contribution in [-0.4, -0.2) is 35.0 Å². The number of aliphatic hydroxyl groups excluding tert-OH is 1. The number of amides is 1. The third kappa shape index (κ3) is 5.96. The number of benzene rings is 3. The minimum atomic E-state index is -0.720. The van der Waals surface area contributed by atoms with Crippen molar-refractivity contribution in [2.24, 2.45) is 0 Å². The average molecular weight is 521 g/mol. The first kappa shape index (κ1) is 24.6. The number of piperidine rings is 1. The van der Waals surface area contributed by atoms with Gasteiger partial charge >= 0.3 is 0 Å². The smallest absolute Gasteiger partial charge is 0.249 e. The summed E-state index contributed by atoms with van der Waals surface area (Å²) in [4.78, 5) is 18.4. The first-order chi connectivity index (χ1) is 16.4. The molecule has 3 aromatic rings. The van der Waals surface area contributed by atoms with E-state index < -0.39 is 12.1 Å². The van der Waals surface area contributed by atoms with Crippen LogP contribution in [0.3, 0.4) is 0 Å². The highest BCUT2D eigenvalue weighted by atomic mass is 79.9. The lowest BCUT2D eigenvalue weighted by Gasteiger charge is -2.37. The molecule has 0 bridgehead atoms. The summed E-state index contributed by atoms with van der Waals surface area (Å²) in [5.74, 6) is 0.00534. The number of hydrogen-bond donors (Lipinski definition) is 1. The van der Waals surface area contributed by atoms with Crippen LogP contribution in [0, 0.1) is 13.8 Å². The van der Waals surface area contributed by atoms with Crippen molar-refractivity contribution in [1.82, 2.24) is 4.90 Å². The van der Waals surface area contributed by atoms with Crippen molar-refractivity contribution in [3.63, 3.8) is 0 Å². The Hall–Kier alpha value is -2.47. The summed E-state index contributed by atoms with van der Waals surface area (Å²) in [6.07, 6.45) is 2.98. The number of likely N-dealkylation sites (tertiary alicyclic amines) is 1. The largest absolute Gasteiger partial charge is 0.388 e. The predicted molar refractivity (Wildman–Crippen MR) is 142 cm³/mol. The number of aryl methyl sites for hydroxylation is 2. The Bertz CT molecular complexity index is 1030. The molecule has 4 nitrogen and oxygen atoms in total. The number of halogens is 1. The molecule has 3 aromatic carbocycles. The maximum Gasteiger partial charge on any atom is 0.249 e. The van der Waals surface area contributed by atoms with Crippen molar-refractivity contribution in [3.8, 4) is 0 Å². The zero-order valence-corrected chi connectivity index (χ0v) is 21.5. The fourth-order valence-electron chi connectivity index (χ4n) is 4.61. The highest BCUT2D eigenvalue weighted by Crippen LogP contribution is 2.31. The van der Waals surface area contributed by atoms with Gasteiger partial charge in [-0.05, 0) is 81.7 Å². The molecule has 4 rings (SSSR count). The fourth-order valence-corrected chi connectivity index (χ4v) is 4.87. The van der Waals surface area contributed by atoms with Crippen LogP contribution in [0.25, 0.3) is 0 Å². The van der Waals surface area contributed by atoms with Crippen LogP contribution < -0.4 is 4.90 Å². The van der Waals surface area contributed by atoms with Gasteiger partial charge in [0.25, 0.3) is 0 Å².